The molecule has 0 aromatic heterocycles. The van der Waals surface area contributed by atoms with Gasteiger partial charge in [-0.1, -0.05) is 24.3 Å². The van der Waals surface area contributed by atoms with E-state index in [2.05, 4.69) is 0 Å². The maximum Gasteiger partial charge on any atom is 0.333 e. The summed E-state index contributed by atoms with van der Waals surface area (Å²) in [6, 6.07) is 8.86. The van der Waals surface area contributed by atoms with Crippen LogP contribution in [0, 0.1) is 0 Å². The molecule has 2 aromatic rings. The lowest BCUT2D eigenvalue weighted by molar-refractivity contribution is -0.433. The predicted molar refractivity (Wildman–Crippen MR) is 187 cm³/mol. The highest BCUT2D eigenvalue weighted by Gasteiger charge is 2.45. The average Bonchev–Trinajstić information content (AvgIpc) is 3.58. The minimum Gasteiger partial charge on any atom is -0.744 e. The quantitative estimate of drug-likeness (QED) is 0.137. The van der Waals surface area contributed by atoms with E-state index in [0.29, 0.717) is 35.8 Å². The van der Waals surface area contributed by atoms with Crippen molar-refractivity contribution in [1.29, 1.82) is 0 Å². The fourth-order valence-electron chi connectivity index (χ4n) is 7.21. The van der Waals surface area contributed by atoms with Crippen LogP contribution >= 0.6 is 0 Å². The Kier molecular flexibility index (Phi) is 10.3. The van der Waals surface area contributed by atoms with Gasteiger partial charge in [-0.2, -0.15) is 13.0 Å². The second-order valence-electron chi connectivity index (χ2n) is 13.3. The highest BCUT2D eigenvalue weighted by Crippen LogP contribution is 2.51. The van der Waals surface area contributed by atoms with Gasteiger partial charge >= 0.3 is 5.97 Å². The van der Waals surface area contributed by atoms with Gasteiger partial charge in [0.05, 0.1) is 15.2 Å². The highest BCUT2D eigenvalue weighted by atomic mass is 32.2. The molecule has 1 N–H and O–H groups in total. The van der Waals surface area contributed by atoms with Crippen LogP contribution in [0.3, 0.4) is 0 Å². The lowest BCUT2D eigenvalue weighted by atomic mass is 9.77. The molecule has 3 heterocycles. The zero-order chi connectivity index (χ0) is 37.5. The van der Waals surface area contributed by atoms with E-state index in [9.17, 15) is 40.3 Å². The molecule has 1 atom stereocenters. The Bertz CT molecular complexity index is 2130. The molecule has 0 saturated carbocycles. The molecule has 272 valence electrons. The number of hydrogen-bond donors (Lipinski definition) is 1. The molecule has 0 radical (unpaired) electrons. The minimum absolute atomic E-state index is 0.0157. The van der Waals surface area contributed by atoms with E-state index in [1.807, 2.05) is 74.5 Å². The molecule has 13 nitrogen and oxygen atoms in total. The Labute approximate surface area is 298 Å². The Balaban J connectivity index is 1.44. The standard InChI is InChI=1S/C36H41N3O10S2/c1-6-37-28-18-16-24(50(43,44)45)22-27(28)36(5,21-11-14-34(42)49-39-32(40)19-20-33(39)41)31(37)13-10-8-9-12-30-35(3,4)26-17-15-25(51(46,47)48)23-29(26)38(30)7-2/h8-10,12-13,15-18,22-23H,6-7,11,14,19-21H2,1-5H3,(H-,43,44,45,46,47,48). The first kappa shape index (κ1) is 37.8. The number of carbonyl (C=O) groups excluding carboxylic acids is 3. The van der Waals surface area contributed by atoms with Crippen LogP contribution in [-0.2, 0) is 50.3 Å². The van der Waals surface area contributed by atoms with Crippen molar-refractivity contribution in [2.45, 2.75) is 87.3 Å². The molecule has 0 aliphatic carbocycles. The second kappa shape index (κ2) is 13.9. The molecule has 1 unspecified atom stereocenters. The number of rotatable bonds is 12. The minimum atomic E-state index is -4.63. The third-order valence-corrected chi connectivity index (χ3v) is 11.5. The number of imide groups is 1. The molecular formula is C36H41N3O10S2. The van der Waals surface area contributed by atoms with Gasteiger partial charge < -0.3 is 14.3 Å². The number of anilines is 1. The van der Waals surface area contributed by atoms with Crippen LogP contribution in [0.2, 0.25) is 0 Å². The predicted octanol–water partition coefficient (Wildman–Crippen LogP) is 4.81. The van der Waals surface area contributed by atoms with Crippen molar-refractivity contribution < 1.29 is 49.7 Å². The molecule has 15 heteroatoms. The highest BCUT2D eigenvalue weighted by molar-refractivity contribution is 7.86. The van der Waals surface area contributed by atoms with Crippen molar-refractivity contribution in [3.63, 3.8) is 0 Å². The summed E-state index contributed by atoms with van der Waals surface area (Å²) >= 11 is 0. The van der Waals surface area contributed by atoms with E-state index in [4.69, 9.17) is 4.84 Å². The Hall–Kier alpha value is -4.44. The first-order chi connectivity index (χ1) is 23.8. The SMILES string of the molecule is CCN1\C(=C/C=C/C=C/C2=[N+](CC)c3cc(S(=O)(=O)[O-])ccc3C2(C)C)C(C)(CCCC(=O)ON2C(=O)CCC2=O)c2cc(S(=O)(=O)O)ccc21. The lowest BCUT2D eigenvalue weighted by Gasteiger charge is -2.30. The zero-order valence-corrected chi connectivity index (χ0v) is 30.7. The maximum atomic E-state index is 12.6. The van der Waals surface area contributed by atoms with Crippen LogP contribution in [0.25, 0.3) is 0 Å². The summed E-state index contributed by atoms with van der Waals surface area (Å²) in [6.45, 7) is 10.9. The van der Waals surface area contributed by atoms with Crippen molar-refractivity contribution in [3.05, 3.63) is 83.6 Å². The normalized spacial score (nSPS) is 21.1. The summed E-state index contributed by atoms with van der Waals surface area (Å²) < 4.78 is 71.2. The van der Waals surface area contributed by atoms with Crippen molar-refractivity contribution in [2.24, 2.45) is 0 Å². The van der Waals surface area contributed by atoms with Crippen LogP contribution < -0.4 is 4.90 Å². The van der Waals surface area contributed by atoms with E-state index in [-0.39, 0.29) is 35.5 Å². The molecule has 0 bridgehead atoms. The van der Waals surface area contributed by atoms with Crippen molar-refractivity contribution >= 4 is 55.1 Å². The van der Waals surface area contributed by atoms with Gasteiger partial charge in [-0.05, 0) is 83.4 Å². The van der Waals surface area contributed by atoms with E-state index >= 15 is 0 Å². The second-order valence-corrected chi connectivity index (χ2v) is 16.1. The van der Waals surface area contributed by atoms with Crippen LogP contribution in [0.4, 0.5) is 11.4 Å². The van der Waals surface area contributed by atoms with Crippen LogP contribution in [-0.4, -0.2) is 72.2 Å². The Morgan fingerprint density at radius 1 is 0.961 bits per heavy atom. The van der Waals surface area contributed by atoms with E-state index in [1.54, 1.807) is 12.1 Å². The zero-order valence-electron chi connectivity index (χ0n) is 29.1. The van der Waals surface area contributed by atoms with E-state index < -0.39 is 48.8 Å². The number of likely N-dealkylation sites (N-methyl/N-ethyl adjacent to an activating group) is 1. The number of allylic oxidation sites excluding steroid dienone is 6. The number of benzene rings is 2. The lowest BCUT2D eigenvalue weighted by Crippen LogP contribution is -2.32. The molecule has 51 heavy (non-hydrogen) atoms. The third-order valence-electron chi connectivity index (χ3n) is 9.78. The number of carbonyl (C=O) groups is 3. The molecule has 2 aromatic carbocycles. The molecule has 0 spiro atoms. The summed E-state index contributed by atoms with van der Waals surface area (Å²) in [7, 11) is -9.13. The summed E-state index contributed by atoms with van der Waals surface area (Å²) in [6.07, 6.45) is 9.87. The first-order valence-corrected chi connectivity index (χ1v) is 19.5. The van der Waals surface area contributed by atoms with Gasteiger partial charge in [0.25, 0.3) is 21.9 Å². The average molecular weight is 740 g/mol. The Morgan fingerprint density at radius 2 is 1.63 bits per heavy atom. The van der Waals surface area contributed by atoms with Gasteiger partial charge in [0, 0.05) is 60.3 Å². The number of fused-ring (bicyclic) bond motifs is 2. The third kappa shape index (κ3) is 7.20. The molecular weight excluding hydrogens is 699 g/mol. The van der Waals surface area contributed by atoms with Gasteiger partial charge in [0.1, 0.15) is 16.7 Å². The van der Waals surface area contributed by atoms with Gasteiger partial charge in [-0.3, -0.25) is 14.1 Å². The maximum absolute atomic E-state index is 12.6. The fourth-order valence-corrected chi connectivity index (χ4v) is 8.21. The molecule has 5 rings (SSSR count). The fraction of sp³-hybridized carbons (Fsp3) is 0.389. The molecule has 3 aliphatic rings. The Morgan fingerprint density at radius 3 is 2.24 bits per heavy atom. The van der Waals surface area contributed by atoms with Crippen LogP contribution in [0.1, 0.15) is 77.8 Å². The number of hydrogen-bond acceptors (Lipinski definition) is 10. The smallest absolute Gasteiger partial charge is 0.333 e. The van der Waals surface area contributed by atoms with Gasteiger partial charge in [-0.15, -0.1) is 5.06 Å². The summed E-state index contributed by atoms with van der Waals surface area (Å²) in [4.78, 5) is 42.9. The van der Waals surface area contributed by atoms with Gasteiger partial charge in [-0.25, -0.2) is 13.2 Å². The molecule has 3 aliphatic heterocycles. The number of amides is 2. The van der Waals surface area contributed by atoms with Crippen LogP contribution in [0.15, 0.2) is 82.3 Å². The largest absolute Gasteiger partial charge is 0.744 e. The summed E-state index contributed by atoms with van der Waals surface area (Å²) in [5.41, 5.74) is 3.38. The summed E-state index contributed by atoms with van der Waals surface area (Å²) in [5, 5.41) is 0.507. The van der Waals surface area contributed by atoms with Crippen molar-refractivity contribution in [2.75, 3.05) is 18.0 Å². The van der Waals surface area contributed by atoms with E-state index in [1.165, 1.54) is 24.3 Å². The summed E-state index contributed by atoms with van der Waals surface area (Å²) in [5.74, 6) is -1.88. The molecule has 2 amide bonds. The first-order valence-electron chi connectivity index (χ1n) is 16.6. The van der Waals surface area contributed by atoms with Crippen molar-refractivity contribution in [3.8, 4) is 0 Å². The van der Waals surface area contributed by atoms with Crippen LogP contribution in [0.5, 0.6) is 0 Å². The van der Waals surface area contributed by atoms with E-state index in [0.717, 1.165) is 22.7 Å². The molecule has 1 saturated heterocycles. The monoisotopic (exact) mass is 739 g/mol. The molecule has 1 fully saturated rings. The topological polar surface area (TPSA) is 181 Å². The van der Waals surface area contributed by atoms with Crippen molar-refractivity contribution in [1.82, 2.24) is 5.06 Å². The number of nitrogens with zero attached hydrogens (tertiary/aromatic N) is 3. The van der Waals surface area contributed by atoms with Gasteiger partial charge in [0.15, 0.2) is 5.71 Å². The number of hydroxylamine groups is 2. The van der Waals surface area contributed by atoms with Gasteiger partial charge in [0.2, 0.25) is 5.69 Å².